The molecule has 0 bridgehead atoms. The van der Waals surface area contributed by atoms with Gasteiger partial charge in [0.1, 0.15) is 0 Å². The predicted molar refractivity (Wildman–Crippen MR) is 71.5 cm³/mol. The quantitative estimate of drug-likeness (QED) is 0.792. The third-order valence-corrected chi connectivity index (χ3v) is 3.68. The number of benzene rings is 1. The van der Waals surface area contributed by atoms with Crippen molar-refractivity contribution in [3.63, 3.8) is 0 Å². The van der Waals surface area contributed by atoms with Gasteiger partial charge < -0.3 is 5.32 Å². The Morgan fingerprint density at radius 1 is 1.44 bits per heavy atom. The molecule has 0 saturated carbocycles. The molecule has 0 spiro atoms. The van der Waals surface area contributed by atoms with Crippen molar-refractivity contribution >= 4 is 29.3 Å². The number of anilines is 1. The molecule has 0 aromatic heterocycles. The molecule has 96 valence electrons. The number of nitrogens with one attached hydrogen (secondary N) is 2. The molecule has 1 unspecified atom stereocenters. The fraction of sp³-hybridized carbons (Fsp3) is 0.333. The molecule has 1 aliphatic rings. The van der Waals surface area contributed by atoms with E-state index in [1.165, 1.54) is 11.8 Å². The first kappa shape index (κ1) is 12.9. The standard InChI is InChI=1S/C12H15N3O2S/c1-7-11(16)13-9-6-8(4-5-10(9)18-7)12(17)14-15(2)3/h4-7H,1-3H3,(H,13,16)(H,14,17). The van der Waals surface area contributed by atoms with E-state index in [0.29, 0.717) is 11.3 Å². The third kappa shape index (κ3) is 2.65. The van der Waals surface area contributed by atoms with Gasteiger partial charge in [0.05, 0.1) is 10.9 Å². The van der Waals surface area contributed by atoms with Crippen molar-refractivity contribution < 1.29 is 9.59 Å². The van der Waals surface area contributed by atoms with Crippen molar-refractivity contribution in [3.8, 4) is 0 Å². The second kappa shape index (κ2) is 4.99. The third-order valence-electron chi connectivity index (χ3n) is 2.50. The van der Waals surface area contributed by atoms with Gasteiger partial charge in [0.25, 0.3) is 5.91 Å². The molecule has 1 aromatic rings. The average molecular weight is 265 g/mol. The molecule has 2 rings (SSSR count). The van der Waals surface area contributed by atoms with E-state index >= 15 is 0 Å². The van der Waals surface area contributed by atoms with Gasteiger partial charge in [0, 0.05) is 24.6 Å². The predicted octanol–water partition coefficient (Wildman–Crippen LogP) is 1.33. The van der Waals surface area contributed by atoms with Gasteiger partial charge in [-0.25, -0.2) is 5.01 Å². The van der Waals surface area contributed by atoms with Crippen LogP contribution in [0.2, 0.25) is 0 Å². The first-order valence-corrected chi connectivity index (χ1v) is 6.45. The monoisotopic (exact) mass is 265 g/mol. The molecule has 1 aromatic carbocycles. The van der Waals surface area contributed by atoms with Crippen LogP contribution in [0.4, 0.5) is 5.69 Å². The van der Waals surface area contributed by atoms with Crippen molar-refractivity contribution in [1.82, 2.24) is 10.4 Å². The fourth-order valence-electron chi connectivity index (χ4n) is 1.62. The lowest BCUT2D eigenvalue weighted by molar-refractivity contribution is -0.115. The van der Waals surface area contributed by atoms with Gasteiger partial charge >= 0.3 is 0 Å². The van der Waals surface area contributed by atoms with Crippen LogP contribution in [0.5, 0.6) is 0 Å². The van der Waals surface area contributed by atoms with Crippen molar-refractivity contribution in [3.05, 3.63) is 23.8 Å². The van der Waals surface area contributed by atoms with Crippen LogP contribution in [-0.4, -0.2) is 36.2 Å². The van der Waals surface area contributed by atoms with Crippen LogP contribution in [0, 0.1) is 0 Å². The van der Waals surface area contributed by atoms with Crippen LogP contribution in [-0.2, 0) is 4.79 Å². The van der Waals surface area contributed by atoms with Gasteiger partial charge in [-0.2, -0.15) is 0 Å². The fourth-order valence-corrected chi connectivity index (χ4v) is 2.55. The van der Waals surface area contributed by atoms with Crippen molar-refractivity contribution in [2.24, 2.45) is 0 Å². The number of amides is 2. The first-order valence-electron chi connectivity index (χ1n) is 5.57. The van der Waals surface area contributed by atoms with Crippen LogP contribution in [0.25, 0.3) is 0 Å². The van der Waals surface area contributed by atoms with E-state index in [4.69, 9.17) is 0 Å². The molecule has 18 heavy (non-hydrogen) atoms. The van der Waals surface area contributed by atoms with Gasteiger partial charge in [0.2, 0.25) is 5.91 Å². The molecule has 2 N–H and O–H groups in total. The number of thioether (sulfide) groups is 1. The van der Waals surface area contributed by atoms with Crippen molar-refractivity contribution in [2.45, 2.75) is 17.1 Å². The SMILES string of the molecule is CC1Sc2ccc(C(=O)NN(C)C)cc2NC1=O. The summed E-state index contributed by atoms with van der Waals surface area (Å²) in [6.07, 6.45) is 0. The zero-order valence-corrected chi connectivity index (χ0v) is 11.3. The smallest absolute Gasteiger partial charge is 0.265 e. The van der Waals surface area contributed by atoms with E-state index in [0.717, 1.165) is 4.90 Å². The van der Waals surface area contributed by atoms with E-state index in [-0.39, 0.29) is 17.1 Å². The lowest BCUT2D eigenvalue weighted by Gasteiger charge is -2.22. The minimum atomic E-state index is -0.194. The summed E-state index contributed by atoms with van der Waals surface area (Å²) in [5, 5.41) is 4.29. The summed E-state index contributed by atoms with van der Waals surface area (Å²) in [6.45, 7) is 1.86. The largest absolute Gasteiger partial charge is 0.324 e. The van der Waals surface area contributed by atoms with Crippen molar-refractivity contribution in [2.75, 3.05) is 19.4 Å². The highest BCUT2D eigenvalue weighted by atomic mass is 32.2. The summed E-state index contributed by atoms with van der Waals surface area (Å²) in [7, 11) is 3.49. The summed E-state index contributed by atoms with van der Waals surface area (Å²) >= 11 is 1.50. The van der Waals surface area contributed by atoms with Crippen LogP contribution in [0.15, 0.2) is 23.1 Å². The molecule has 5 nitrogen and oxygen atoms in total. The molecule has 0 fully saturated rings. The summed E-state index contributed by atoms with van der Waals surface area (Å²) in [5.74, 6) is -0.224. The molecular weight excluding hydrogens is 250 g/mol. The maximum Gasteiger partial charge on any atom is 0.265 e. The number of nitrogens with zero attached hydrogens (tertiary/aromatic N) is 1. The molecule has 6 heteroatoms. The van der Waals surface area contributed by atoms with Crippen LogP contribution in [0.3, 0.4) is 0 Å². The summed E-state index contributed by atoms with van der Waals surface area (Å²) < 4.78 is 0. The Labute approximate surface area is 110 Å². The van der Waals surface area contributed by atoms with Crippen LogP contribution in [0.1, 0.15) is 17.3 Å². The van der Waals surface area contributed by atoms with E-state index < -0.39 is 0 Å². The molecular formula is C12H15N3O2S. The molecule has 0 aliphatic carbocycles. The lowest BCUT2D eigenvalue weighted by Crippen LogP contribution is -2.36. The molecule has 2 amide bonds. The summed E-state index contributed by atoms with van der Waals surface area (Å²) in [4.78, 5) is 24.4. The van der Waals surface area contributed by atoms with E-state index in [1.54, 1.807) is 31.2 Å². The van der Waals surface area contributed by atoms with Crippen LogP contribution >= 0.6 is 11.8 Å². The van der Waals surface area contributed by atoms with Gasteiger partial charge in [-0.05, 0) is 25.1 Å². The number of carbonyl (C=O) groups is 2. The zero-order valence-electron chi connectivity index (χ0n) is 10.5. The first-order chi connectivity index (χ1) is 8.47. The molecule has 0 radical (unpaired) electrons. The molecule has 1 heterocycles. The Balaban J connectivity index is 2.25. The second-order valence-electron chi connectivity index (χ2n) is 4.30. The highest BCUT2D eigenvalue weighted by Gasteiger charge is 2.23. The Bertz CT molecular complexity index is 502. The summed E-state index contributed by atoms with van der Waals surface area (Å²) in [5.41, 5.74) is 3.89. The Morgan fingerprint density at radius 2 is 2.17 bits per heavy atom. The number of hydrogen-bond donors (Lipinski definition) is 2. The van der Waals surface area contributed by atoms with E-state index in [2.05, 4.69) is 10.7 Å². The minimum absolute atomic E-state index is 0.0299. The maximum atomic E-state index is 11.8. The minimum Gasteiger partial charge on any atom is -0.324 e. The zero-order chi connectivity index (χ0) is 13.3. The Hall–Kier alpha value is -1.53. The van der Waals surface area contributed by atoms with Gasteiger partial charge in [0.15, 0.2) is 0 Å². The highest BCUT2D eigenvalue weighted by Crippen LogP contribution is 2.35. The summed E-state index contributed by atoms with van der Waals surface area (Å²) in [6, 6.07) is 5.32. The molecule has 1 aliphatic heterocycles. The number of fused-ring (bicyclic) bond motifs is 1. The lowest BCUT2D eigenvalue weighted by atomic mass is 10.2. The Morgan fingerprint density at radius 3 is 2.83 bits per heavy atom. The van der Waals surface area contributed by atoms with Gasteiger partial charge in [-0.15, -0.1) is 11.8 Å². The number of rotatable bonds is 2. The number of carbonyl (C=O) groups excluding carboxylic acids is 2. The van der Waals surface area contributed by atoms with Gasteiger partial charge in [-0.3, -0.25) is 15.0 Å². The highest BCUT2D eigenvalue weighted by molar-refractivity contribution is 8.00. The molecule has 0 saturated heterocycles. The van der Waals surface area contributed by atoms with Crippen LogP contribution < -0.4 is 10.7 Å². The number of hydrogen-bond acceptors (Lipinski definition) is 4. The normalized spacial score (nSPS) is 18.2. The van der Waals surface area contributed by atoms with E-state index in [9.17, 15) is 9.59 Å². The average Bonchev–Trinajstić information content (AvgIpc) is 2.29. The Kier molecular flexibility index (Phi) is 3.58. The topological polar surface area (TPSA) is 61.4 Å². The molecule has 1 atom stereocenters. The van der Waals surface area contributed by atoms with Gasteiger partial charge in [-0.1, -0.05) is 0 Å². The van der Waals surface area contributed by atoms with Crippen molar-refractivity contribution in [1.29, 1.82) is 0 Å². The second-order valence-corrected chi connectivity index (χ2v) is 5.68. The number of hydrazine groups is 1. The maximum absolute atomic E-state index is 11.8. The van der Waals surface area contributed by atoms with E-state index in [1.807, 2.05) is 13.0 Å².